The average molecular weight is 375 g/mol. The second kappa shape index (κ2) is 7.91. The summed E-state index contributed by atoms with van der Waals surface area (Å²) in [7, 11) is 1.56. The fraction of sp³-hybridized carbons (Fsp3) is 0.421. The first-order chi connectivity index (χ1) is 12.5. The lowest BCUT2D eigenvalue weighted by Crippen LogP contribution is -2.41. The SMILES string of the molecule is COc1ccc(NC(=O)C2CCCN(c3nc(C)cc(C)n3)C2)cc1Cl. The zero-order chi connectivity index (χ0) is 18.7. The van der Waals surface area contributed by atoms with Gasteiger partial charge in [-0.05, 0) is 51.0 Å². The molecule has 26 heavy (non-hydrogen) atoms. The zero-order valence-electron chi connectivity index (χ0n) is 15.3. The number of aromatic nitrogens is 2. The van der Waals surface area contributed by atoms with Crippen molar-refractivity contribution >= 4 is 29.1 Å². The third kappa shape index (κ3) is 4.25. The van der Waals surface area contributed by atoms with Crippen molar-refractivity contribution in [1.29, 1.82) is 0 Å². The Hall–Kier alpha value is -2.34. The van der Waals surface area contributed by atoms with Gasteiger partial charge in [0, 0.05) is 30.2 Å². The van der Waals surface area contributed by atoms with Crippen LogP contribution in [0.4, 0.5) is 11.6 Å². The van der Waals surface area contributed by atoms with Gasteiger partial charge in [0.05, 0.1) is 18.1 Å². The van der Waals surface area contributed by atoms with Gasteiger partial charge in [-0.3, -0.25) is 4.79 Å². The van der Waals surface area contributed by atoms with E-state index in [1.165, 1.54) is 0 Å². The third-order valence-electron chi connectivity index (χ3n) is 4.46. The third-order valence-corrected chi connectivity index (χ3v) is 4.76. The summed E-state index contributed by atoms with van der Waals surface area (Å²) in [5.41, 5.74) is 2.54. The summed E-state index contributed by atoms with van der Waals surface area (Å²) in [6.45, 7) is 5.39. The van der Waals surface area contributed by atoms with Gasteiger partial charge in [0.2, 0.25) is 11.9 Å². The molecule has 1 amide bonds. The summed E-state index contributed by atoms with van der Waals surface area (Å²) in [4.78, 5) is 23.8. The lowest BCUT2D eigenvalue weighted by molar-refractivity contribution is -0.120. The Balaban J connectivity index is 1.69. The van der Waals surface area contributed by atoms with E-state index in [4.69, 9.17) is 16.3 Å². The largest absolute Gasteiger partial charge is 0.495 e. The number of carbonyl (C=O) groups excluding carboxylic acids is 1. The molecule has 0 aliphatic carbocycles. The molecule has 1 aromatic carbocycles. The highest BCUT2D eigenvalue weighted by Gasteiger charge is 2.27. The first kappa shape index (κ1) is 18.5. The Kier molecular flexibility index (Phi) is 5.61. The van der Waals surface area contributed by atoms with Crippen LogP contribution < -0.4 is 15.0 Å². The molecule has 3 rings (SSSR count). The fourth-order valence-corrected chi connectivity index (χ4v) is 3.47. The number of benzene rings is 1. The summed E-state index contributed by atoms with van der Waals surface area (Å²) < 4.78 is 5.14. The van der Waals surface area contributed by atoms with Gasteiger partial charge in [-0.15, -0.1) is 0 Å². The Labute approximate surface area is 158 Å². The van der Waals surface area contributed by atoms with Gasteiger partial charge in [-0.1, -0.05) is 11.6 Å². The number of ether oxygens (including phenoxy) is 1. The van der Waals surface area contributed by atoms with Gasteiger partial charge in [0.1, 0.15) is 5.75 Å². The highest BCUT2D eigenvalue weighted by Crippen LogP contribution is 2.28. The van der Waals surface area contributed by atoms with Crippen LogP contribution in [-0.4, -0.2) is 36.1 Å². The molecule has 7 heteroatoms. The number of amides is 1. The smallest absolute Gasteiger partial charge is 0.229 e. The topological polar surface area (TPSA) is 67.3 Å². The molecule has 1 atom stereocenters. The van der Waals surface area contributed by atoms with E-state index < -0.39 is 0 Å². The monoisotopic (exact) mass is 374 g/mol. The number of rotatable bonds is 4. The number of halogens is 1. The van der Waals surface area contributed by atoms with Crippen LogP contribution in [0.15, 0.2) is 24.3 Å². The lowest BCUT2D eigenvalue weighted by Gasteiger charge is -2.32. The van der Waals surface area contributed by atoms with E-state index in [-0.39, 0.29) is 11.8 Å². The van der Waals surface area contributed by atoms with Crippen LogP contribution in [0.1, 0.15) is 24.2 Å². The lowest BCUT2D eigenvalue weighted by atomic mass is 9.97. The number of piperidine rings is 1. The van der Waals surface area contributed by atoms with Gasteiger partial charge >= 0.3 is 0 Å². The van der Waals surface area contributed by atoms with Gasteiger partial charge in [-0.2, -0.15) is 0 Å². The van der Waals surface area contributed by atoms with Crippen molar-refractivity contribution < 1.29 is 9.53 Å². The molecule has 6 nitrogen and oxygen atoms in total. The standard InChI is InChI=1S/C19H23ClN4O2/c1-12-9-13(2)22-19(21-12)24-8-4-5-14(11-24)18(25)23-15-6-7-17(26-3)16(20)10-15/h6-7,9-10,14H,4-5,8,11H2,1-3H3,(H,23,25). The van der Waals surface area contributed by atoms with Crippen LogP contribution in [0.5, 0.6) is 5.75 Å². The average Bonchev–Trinajstić information content (AvgIpc) is 2.61. The van der Waals surface area contributed by atoms with E-state index in [2.05, 4.69) is 20.2 Å². The summed E-state index contributed by atoms with van der Waals surface area (Å²) in [5.74, 6) is 1.15. The maximum absolute atomic E-state index is 12.7. The van der Waals surface area contributed by atoms with Crippen molar-refractivity contribution in [2.75, 3.05) is 30.4 Å². The first-order valence-electron chi connectivity index (χ1n) is 8.68. The highest BCUT2D eigenvalue weighted by atomic mass is 35.5. The van der Waals surface area contributed by atoms with Crippen molar-refractivity contribution in [3.63, 3.8) is 0 Å². The molecule has 2 aromatic rings. The Morgan fingerprint density at radius 1 is 1.27 bits per heavy atom. The number of anilines is 2. The van der Waals surface area contributed by atoms with Crippen LogP contribution in [0.2, 0.25) is 5.02 Å². The predicted octanol–water partition coefficient (Wildman–Crippen LogP) is 3.61. The van der Waals surface area contributed by atoms with Crippen LogP contribution in [0.25, 0.3) is 0 Å². The normalized spacial score (nSPS) is 17.1. The summed E-state index contributed by atoms with van der Waals surface area (Å²) >= 11 is 6.13. The van der Waals surface area contributed by atoms with Crippen molar-refractivity contribution in [2.24, 2.45) is 5.92 Å². The number of nitrogens with zero attached hydrogens (tertiary/aromatic N) is 3. The molecule has 138 valence electrons. The van der Waals surface area contributed by atoms with Crippen LogP contribution >= 0.6 is 11.6 Å². The molecule has 2 heterocycles. The van der Waals surface area contributed by atoms with Crippen molar-refractivity contribution in [1.82, 2.24) is 9.97 Å². The minimum atomic E-state index is -0.117. The van der Waals surface area contributed by atoms with Crippen molar-refractivity contribution in [2.45, 2.75) is 26.7 Å². The van der Waals surface area contributed by atoms with Crippen molar-refractivity contribution in [3.8, 4) is 5.75 Å². The molecule has 1 aliphatic rings. The van der Waals surface area contributed by atoms with E-state index in [9.17, 15) is 4.79 Å². The summed E-state index contributed by atoms with van der Waals surface area (Å²) in [6.07, 6.45) is 1.77. The molecule has 0 spiro atoms. The van der Waals surface area contributed by atoms with Crippen molar-refractivity contribution in [3.05, 3.63) is 40.7 Å². The number of aryl methyl sites for hydroxylation is 2. The van der Waals surface area contributed by atoms with Gasteiger partial charge < -0.3 is 15.0 Å². The molecule has 1 unspecified atom stereocenters. The molecule has 1 aromatic heterocycles. The number of carbonyl (C=O) groups is 1. The number of methoxy groups -OCH3 is 1. The summed E-state index contributed by atoms with van der Waals surface area (Å²) in [6, 6.07) is 7.18. The maximum Gasteiger partial charge on any atom is 0.229 e. The number of hydrogen-bond donors (Lipinski definition) is 1. The quantitative estimate of drug-likeness (QED) is 0.885. The minimum Gasteiger partial charge on any atom is -0.495 e. The van der Waals surface area contributed by atoms with E-state index >= 15 is 0 Å². The molecule has 0 saturated carbocycles. The Morgan fingerprint density at radius 3 is 2.65 bits per heavy atom. The number of nitrogens with one attached hydrogen (secondary N) is 1. The van der Waals surface area contributed by atoms with E-state index in [0.29, 0.717) is 29.0 Å². The molecule has 1 aliphatic heterocycles. The Morgan fingerprint density at radius 2 is 2.00 bits per heavy atom. The number of hydrogen-bond acceptors (Lipinski definition) is 5. The van der Waals surface area contributed by atoms with E-state index in [1.807, 2.05) is 19.9 Å². The highest BCUT2D eigenvalue weighted by molar-refractivity contribution is 6.32. The molecule has 1 fully saturated rings. The minimum absolute atomic E-state index is 0.0136. The van der Waals surface area contributed by atoms with Gasteiger partial charge in [0.15, 0.2) is 0 Å². The molecular formula is C19H23ClN4O2. The molecule has 1 N–H and O–H groups in total. The zero-order valence-corrected chi connectivity index (χ0v) is 16.0. The van der Waals surface area contributed by atoms with Crippen LogP contribution in [0.3, 0.4) is 0 Å². The molecule has 0 radical (unpaired) electrons. The molecule has 1 saturated heterocycles. The first-order valence-corrected chi connectivity index (χ1v) is 9.05. The fourth-order valence-electron chi connectivity index (χ4n) is 3.21. The second-order valence-corrected chi connectivity index (χ2v) is 6.98. The van der Waals surface area contributed by atoms with Gasteiger partial charge in [0.25, 0.3) is 0 Å². The molecular weight excluding hydrogens is 352 g/mol. The maximum atomic E-state index is 12.7. The van der Waals surface area contributed by atoms with E-state index in [0.717, 1.165) is 30.8 Å². The molecule has 0 bridgehead atoms. The second-order valence-electron chi connectivity index (χ2n) is 6.57. The van der Waals surface area contributed by atoms with E-state index in [1.54, 1.807) is 25.3 Å². The summed E-state index contributed by atoms with van der Waals surface area (Å²) in [5, 5.41) is 3.42. The van der Waals surface area contributed by atoms with Gasteiger partial charge in [-0.25, -0.2) is 9.97 Å². The van der Waals surface area contributed by atoms with Crippen LogP contribution in [-0.2, 0) is 4.79 Å². The Bertz CT molecular complexity index is 792. The van der Waals surface area contributed by atoms with Crippen LogP contribution in [0, 0.1) is 19.8 Å². The predicted molar refractivity (Wildman–Crippen MR) is 103 cm³/mol.